The zero-order valence-electron chi connectivity index (χ0n) is 10.6. The molecule has 1 aliphatic heterocycles. The van der Waals surface area contributed by atoms with Crippen LogP contribution in [-0.2, 0) is 0 Å². The normalized spacial score (nSPS) is 20.2. The maximum absolute atomic E-state index is 13.2. The lowest BCUT2D eigenvalue weighted by molar-refractivity contribution is 0.0599. The molecule has 1 N–H and O–H groups in total. The molecular formula is C14H17F2NO2. The van der Waals surface area contributed by atoms with Crippen molar-refractivity contribution in [2.24, 2.45) is 0 Å². The molecule has 1 atom stereocenters. The average molecular weight is 269 g/mol. The molecule has 5 heteroatoms. The maximum Gasteiger partial charge on any atom is 0.254 e. The van der Waals surface area contributed by atoms with Crippen LogP contribution >= 0.6 is 0 Å². The third-order valence-electron chi connectivity index (χ3n) is 3.52. The van der Waals surface area contributed by atoms with Crippen LogP contribution in [0.2, 0.25) is 0 Å². The first-order valence-corrected chi connectivity index (χ1v) is 6.50. The van der Waals surface area contributed by atoms with Gasteiger partial charge in [-0.05, 0) is 31.0 Å². The smallest absolute Gasteiger partial charge is 0.254 e. The van der Waals surface area contributed by atoms with Crippen LogP contribution in [0.1, 0.15) is 36.0 Å². The summed E-state index contributed by atoms with van der Waals surface area (Å²) in [5.74, 6) is -2.34. The Morgan fingerprint density at radius 2 is 2.05 bits per heavy atom. The third-order valence-corrected chi connectivity index (χ3v) is 3.52. The molecule has 1 unspecified atom stereocenters. The molecule has 1 amide bonds. The molecule has 0 radical (unpaired) electrons. The molecule has 1 saturated heterocycles. The Bertz CT molecular complexity index is 465. The number of rotatable bonds is 2. The van der Waals surface area contributed by atoms with Crippen molar-refractivity contribution in [3.63, 3.8) is 0 Å². The third kappa shape index (κ3) is 3.10. The molecule has 0 saturated carbocycles. The lowest BCUT2D eigenvalue weighted by Gasteiger charge is -2.28. The molecule has 2 rings (SSSR count). The molecular weight excluding hydrogens is 252 g/mol. The Morgan fingerprint density at radius 1 is 1.26 bits per heavy atom. The summed E-state index contributed by atoms with van der Waals surface area (Å²) in [5.41, 5.74) is 0.124. The van der Waals surface area contributed by atoms with Crippen LogP contribution in [0.25, 0.3) is 0 Å². The van der Waals surface area contributed by atoms with Crippen molar-refractivity contribution in [1.82, 2.24) is 4.90 Å². The predicted octanol–water partition coefficient (Wildman–Crippen LogP) is 2.34. The fourth-order valence-electron chi connectivity index (χ4n) is 2.43. The van der Waals surface area contributed by atoms with Gasteiger partial charge in [0, 0.05) is 12.1 Å². The molecule has 19 heavy (non-hydrogen) atoms. The number of hydrogen-bond acceptors (Lipinski definition) is 2. The van der Waals surface area contributed by atoms with Crippen molar-refractivity contribution in [2.45, 2.75) is 31.7 Å². The predicted molar refractivity (Wildman–Crippen MR) is 66.7 cm³/mol. The van der Waals surface area contributed by atoms with Gasteiger partial charge in [-0.1, -0.05) is 12.8 Å². The summed E-state index contributed by atoms with van der Waals surface area (Å²) in [6.07, 6.45) is 3.59. The zero-order valence-corrected chi connectivity index (χ0v) is 10.6. The van der Waals surface area contributed by atoms with Gasteiger partial charge in [0.05, 0.1) is 12.6 Å². The summed E-state index contributed by atoms with van der Waals surface area (Å²) in [4.78, 5) is 13.9. The number of amides is 1. The van der Waals surface area contributed by atoms with Crippen molar-refractivity contribution < 1.29 is 18.7 Å². The van der Waals surface area contributed by atoms with Crippen LogP contribution in [-0.4, -0.2) is 35.1 Å². The van der Waals surface area contributed by atoms with Crippen LogP contribution < -0.4 is 0 Å². The summed E-state index contributed by atoms with van der Waals surface area (Å²) in [7, 11) is 0. The van der Waals surface area contributed by atoms with Crippen molar-refractivity contribution >= 4 is 5.91 Å². The Labute approximate surface area is 110 Å². The van der Waals surface area contributed by atoms with E-state index < -0.39 is 11.6 Å². The van der Waals surface area contributed by atoms with Crippen LogP contribution in [0.4, 0.5) is 8.78 Å². The molecule has 0 spiro atoms. The highest BCUT2D eigenvalue weighted by molar-refractivity contribution is 5.94. The van der Waals surface area contributed by atoms with Crippen molar-refractivity contribution in [2.75, 3.05) is 13.2 Å². The number of carbonyl (C=O) groups is 1. The fourth-order valence-corrected chi connectivity index (χ4v) is 2.43. The van der Waals surface area contributed by atoms with Crippen LogP contribution in [0, 0.1) is 11.6 Å². The molecule has 3 nitrogen and oxygen atoms in total. The van der Waals surface area contributed by atoms with E-state index >= 15 is 0 Å². The molecule has 0 aromatic heterocycles. The van der Waals surface area contributed by atoms with E-state index in [0.29, 0.717) is 6.54 Å². The minimum atomic E-state index is -1.03. The molecule has 1 heterocycles. The first kappa shape index (κ1) is 13.9. The fraction of sp³-hybridized carbons (Fsp3) is 0.500. The Hall–Kier alpha value is -1.49. The largest absolute Gasteiger partial charge is 0.394 e. The van der Waals surface area contributed by atoms with E-state index in [1.165, 1.54) is 6.07 Å². The van der Waals surface area contributed by atoms with Gasteiger partial charge in [-0.2, -0.15) is 0 Å². The highest BCUT2D eigenvalue weighted by Crippen LogP contribution is 2.20. The number of aliphatic hydroxyl groups excluding tert-OH is 1. The second kappa shape index (κ2) is 6.10. The molecule has 1 aliphatic rings. The minimum Gasteiger partial charge on any atom is -0.394 e. The topological polar surface area (TPSA) is 40.5 Å². The van der Waals surface area contributed by atoms with E-state index in [-0.39, 0.29) is 24.1 Å². The van der Waals surface area contributed by atoms with Crippen LogP contribution in [0.5, 0.6) is 0 Å². The van der Waals surface area contributed by atoms with Gasteiger partial charge in [0.1, 0.15) is 0 Å². The number of nitrogens with zero attached hydrogens (tertiary/aromatic N) is 1. The van der Waals surface area contributed by atoms with Gasteiger partial charge in [0.25, 0.3) is 5.91 Å². The van der Waals surface area contributed by atoms with Gasteiger partial charge in [-0.25, -0.2) is 8.78 Å². The van der Waals surface area contributed by atoms with Gasteiger partial charge in [-0.15, -0.1) is 0 Å². The quantitative estimate of drug-likeness (QED) is 0.895. The first-order chi connectivity index (χ1) is 9.13. The van der Waals surface area contributed by atoms with Gasteiger partial charge in [0.2, 0.25) is 0 Å². The maximum atomic E-state index is 13.2. The standard InChI is InChI=1S/C14H17F2NO2/c15-12-6-5-10(8-13(12)16)14(19)17-7-3-1-2-4-11(17)9-18/h5-6,8,11,18H,1-4,7,9H2. The summed E-state index contributed by atoms with van der Waals surface area (Å²) in [6, 6.07) is 2.91. The summed E-state index contributed by atoms with van der Waals surface area (Å²) in [5, 5.41) is 9.35. The first-order valence-electron chi connectivity index (χ1n) is 6.50. The van der Waals surface area contributed by atoms with Gasteiger partial charge in [-0.3, -0.25) is 4.79 Å². The van der Waals surface area contributed by atoms with Crippen molar-refractivity contribution in [1.29, 1.82) is 0 Å². The number of benzene rings is 1. The minimum absolute atomic E-state index is 0.102. The van der Waals surface area contributed by atoms with E-state index in [1.807, 2.05) is 0 Å². The summed E-state index contributed by atoms with van der Waals surface area (Å²) in [6.45, 7) is 0.443. The molecule has 1 aromatic carbocycles. The molecule has 0 bridgehead atoms. The van der Waals surface area contributed by atoms with Gasteiger partial charge < -0.3 is 10.0 Å². The number of halogens is 2. The SMILES string of the molecule is O=C(c1ccc(F)c(F)c1)N1CCCCCC1CO. The van der Waals surface area contributed by atoms with E-state index in [9.17, 15) is 18.7 Å². The van der Waals surface area contributed by atoms with Crippen LogP contribution in [0.3, 0.4) is 0 Å². The molecule has 0 aliphatic carbocycles. The van der Waals surface area contributed by atoms with Crippen molar-refractivity contribution in [3.05, 3.63) is 35.4 Å². The van der Waals surface area contributed by atoms with E-state index in [4.69, 9.17) is 0 Å². The number of aliphatic hydroxyl groups is 1. The molecule has 1 fully saturated rings. The number of likely N-dealkylation sites (tertiary alicyclic amines) is 1. The lowest BCUT2D eigenvalue weighted by Crippen LogP contribution is -2.42. The Morgan fingerprint density at radius 3 is 2.74 bits per heavy atom. The lowest BCUT2D eigenvalue weighted by atomic mass is 10.1. The Balaban J connectivity index is 2.22. The summed E-state index contributed by atoms with van der Waals surface area (Å²) >= 11 is 0. The molecule has 104 valence electrons. The van der Waals surface area contributed by atoms with E-state index in [0.717, 1.165) is 37.8 Å². The summed E-state index contributed by atoms with van der Waals surface area (Å²) < 4.78 is 26.0. The van der Waals surface area contributed by atoms with E-state index in [1.54, 1.807) is 4.90 Å². The molecule has 1 aromatic rings. The Kier molecular flexibility index (Phi) is 4.47. The number of hydrogen-bond donors (Lipinski definition) is 1. The monoisotopic (exact) mass is 269 g/mol. The second-order valence-corrected chi connectivity index (χ2v) is 4.81. The number of carbonyl (C=O) groups excluding carboxylic acids is 1. The second-order valence-electron chi connectivity index (χ2n) is 4.81. The van der Waals surface area contributed by atoms with Gasteiger partial charge >= 0.3 is 0 Å². The van der Waals surface area contributed by atoms with Crippen molar-refractivity contribution in [3.8, 4) is 0 Å². The zero-order chi connectivity index (χ0) is 13.8. The van der Waals surface area contributed by atoms with Crippen LogP contribution in [0.15, 0.2) is 18.2 Å². The highest BCUT2D eigenvalue weighted by Gasteiger charge is 2.26. The van der Waals surface area contributed by atoms with Gasteiger partial charge in [0.15, 0.2) is 11.6 Å². The average Bonchev–Trinajstić information content (AvgIpc) is 2.66. The van der Waals surface area contributed by atoms with E-state index in [2.05, 4.69) is 0 Å². The highest BCUT2D eigenvalue weighted by atomic mass is 19.2.